The molecule has 0 radical (unpaired) electrons. The van der Waals surface area contributed by atoms with E-state index in [2.05, 4.69) is 0 Å². The van der Waals surface area contributed by atoms with Crippen molar-refractivity contribution in [3.05, 3.63) is 0 Å². The van der Waals surface area contributed by atoms with Crippen molar-refractivity contribution in [2.45, 2.75) is 13.1 Å². The molecule has 102 valence electrons. The third kappa shape index (κ3) is 6.44. The highest BCUT2D eigenvalue weighted by Crippen LogP contribution is 2.13. The van der Waals surface area contributed by atoms with Gasteiger partial charge in [-0.3, -0.25) is 4.79 Å². The van der Waals surface area contributed by atoms with E-state index in [1.54, 1.807) is 0 Å². The zero-order valence-corrected chi connectivity index (χ0v) is 9.97. The number of halogens is 3. The number of hydrogen-bond acceptors (Lipinski definition) is 3. The van der Waals surface area contributed by atoms with Crippen molar-refractivity contribution in [1.29, 1.82) is 0 Å². The van der Waals surface area contributed by atoms with Crippen molar-refractivity contribution in [3.8, 4) is 0 Å². The third-order valence-electron chi connectivity index (χ3n) is 1.82. The number of aliphatic carboxylic acids is 1. The van der Waals surface area contributed by atoms with Crippen LogP contribution in [0.3, 0.4) is 0 Å². The number of nitrogens with one attached hydrogen (secondary N) is 1. The van der Waals surface area contributed by atoms with Crippen molar-refractivity contribution < 1.29 is 31.5 Å². The summed E-state index contributed by atoms with van der Waals surface area (Å²) in [6.45, 7) is -0.859. The molecular formula is C7H13F3N2O4S. The molecule has 0 spiro atoms. The smallest absolute Gasteiger partial charge is 0.402 e. The van der Waals surface area contributed by atoms with Gasteiger partial charge < -0.3 is 5.11 Å². The number of hydrogen-bond donors (Lipinski definition) is 2. The van der Waals surface area contributed by atoms with Crippen LogP contribution in [0.1, 0.15) is 6.92 Å². The highest BCUT2D eigenvalue weighted by molar-refractivity contribution is 7.87. The molecule has 0 saturated carbocycles. The maximum absolute atomic E-state index is 11.8. The number of rotatable bonds is 6. The predicted octanol–water partition coefficient (Wildman–Crippen LogP) is 0.0356. The highest BCUT2D eigenvalue weighted by atomic mass is 32.2. The van der Waals surface area contributed by atoms with Crippen LogP contribution in [0.15, 0.2) is 0 Å². The molecule has 0 aliphatic rings. The van der Waals surface area contributed by atoms with E-state index >= 15 is 0 Å². The van der Waals surface area contributed by atoms with Crippen LogP contribution in [0.4, 0.5) is 13.2 Å². The van der Waals surface area contributed by atoms with Gasteiger partial charge in [-0.25, -0.2) is 0 Å². The predicted molar refractivity (Wildman–Crippen MR) is 52.4 cm³/mol. The number of nitrogens with zero attached hydrogens (tertiary/aromatic N) is 1. The summed E-state index contributed by atoms with van der Waals surface area (Å²) in [5.74, 6) is -2.25. The van der Waals surface area contributed by atoms with Crippen molar-refractivity contribution in [1.82, 2.24) is 9.03 Å². The van der Waals surface area contributed by atoms with E-state index in [0.29, 0.717) is 4.31 Å². The van der Waals surface area contributed by atoms with Gasteiger partial charge in [-0.05, 0) is 0 Å². The van der Waals surface area contributed by atoms with Crippen molar-refractivity contribution in [2.24, 2.45) is 5.92 Å². The molecule has 0 aromatic rings. The number of alkyl halides is 3. The van der Waals surface area contributed by atoms with Gasteiger partial charge in [0.2, 0.25) is 0 Å². The fourth-order valence-electron chi connectivity index (χ4n) is 0.845. The van der Waals surface area contributed by atoms with E-state index in [9.17, 15) is 26.4 Å². The van der Waals surface area contributed by atoms with Crippen LogP contribution in [0, 0.1) is 5.92 Å². The third-order valence-corrected chi connectivity index (χ3v) is 3.30. The minimum atomic E-state index is -4.66. The van der Waals surface area contributed by atoms with Gasteiger partial charge >= 0.3 is 12.1 Å². The Morgan fingerprint density at radius 2 is 1.94 bits per heavy atom. The van der Waals surface area contributed by atoms with Gasteiger partial charge in [0.15, 0.2) is 0 Å². The fraction of sp³-hybridized carbons (Fsp3) is 0.857. The molecule has 0 aliphatic carbocycles. The average molecular weight is 278 g/mol. The molecule has 0 bridgehead atoms. The maximum Gasteiger partial charge on any atom is 0.402 e. The summed E-state index contributed by atoms with van der Waals surface area (Å²) in [5, 5.41) is 8.53. The molecule has 10 heteroatoms. The molecule has 0 aromatic heterocycles. The molecule has 0 aliphatic heterocycles. The largest absolute Gasteiger partial charge is 0.481 e. The molecule has 2 N–H and O–H groups in total. The Bertz CT molecular complexity index is 368. The topological polar surface area (TPSA) is 86.7 Å². The maximum atomic E-state index is 11.8. The molecule has 6 nitrogen and oxygen atoms in total. The first-order chi connectivity index (χ1) is 7.46. The van der Waals surface area contributed by atoms with E-state index in [1.165, 1.54) is 11.6 Å². The van der Waals surface area contributed by atoms with Crippen molar-refractivity contribution in [2.75, 3.05) is 20.1 Å². The second kappa shape index (κ2) is 5.65. The molecule has 1 unspecified atom stereocenters. The monoisotopic (exact) mass is 278 g/mol. The van der Waals surface area contributed by atoms with Gasteiger partial charge in [0.05, 0.1) is 5.92 Å². The standard InChI is InChI=1S/C7H13F3N2O4S/c1-5(6(13)14)3-12(2)17(15,16)11-4-7(8,9)10/h5,11H,3-4H2,1-2H3,(H,13,14). The van der Waals surface area contributed by atoms with Crippen LogP contribution in [0.5, 0.6) is 0 Å². The molecule has 0 saturated heterocycles. The summed E-state index contributed by atoms with van der Waals surface area (Å²) < 4.78 is 59.8. The summed E-state index contributed by atoms with van der Waals surface area (Å²) in [6, 6.07) is 0. The Morgan fingerprint density at radius 1 is 1.47 bits per heavy atom. The van der Waals surface area contributed by atoms with Crippen molar-refractivity contribution in [3.63, 3.8) is 0 Å². The first-order valence-electron chi connectivity index (χ1n) is 4.46. The second-order valence-corrected chi connectivity index (χ2v) is 5.32. The summed E-state index contributed by atoms with van der Waals surface area (Å²) >= 11 is 0. The van der Waals surface area contributed by atoms with Crippen LogP contribution in [0.25, 0.3) is 0 Å². The lowest BCUT2D eigenvalue weighted by molar-refractivity contribution is -0.141. The normalized spacial score (nSPS) is 14.9. The summed E-state index contributed by atoms with van der Waals surface area (Å²) in [4.78, 5) is 10.5. The Labute approximate surface area is 96.6 Å². The average Bonchev–Trinajstić information content (AvgIpc) is 2.13. The zero-order valence-electron chi connectivity index (χ0n) is 9.15. The Kier molecular flexibility index (Phi) is 5.36. The first-order valence-corrected chi connectivity index (χ1v) is 5.90. The SMILES string of the molecule is CC(CN(C)S(=O)(=O)NCC(F)(F)F)C(=O)O. The van der Waals surface area contributed by atoms with Gasteiger partial charge in [-0.15, -0.1) is 0 Å². The van der Waals surface area contributed by atoms with Gasteiger partial charge in [0.1, 0.15) is 6.54 Å². The molecule has 0 aromatic carbocycles. The van der Waals surface area contributed by atoms with Crippen molar-refractivity contribution >= 4 is 16.2 Å². The lowest BCUT2D eigenvalue weighted by atomic mass is 10.2. The van der Waals surface area contributed by atoms with E-state index in [-0.39, 0.29) is 0 Å². The first kappa shape index (κ1) is 16.1. The lowest BCUT2D eigenvalue weighted by Crippen LogP contribution is -2.44. The van der Waals surface area contributed by atoms with Crippen LogP contribution in [-0.4, -0.2) is 50.1 Å². The number of carboxylic acids is 1. The Hall–Kier alpha value is -0.870. The molecule has 0 fully saturated rings. The van der Waals surface area contributed by atoms with E-state index in [0.717, 1.165) is 7.05 Å². The lowest BCUT2D eigenvalue weighted by Gasteiger charge is -2.20. The molecular weight excluding hydrogens is 265 g/mol. The van der Waals surface area contributed by atoms with Crippen LogP contribution >= 0.6 is 0 Å². The van der Waals surface area contributed by atoms with Gasteiger partial charge in [-0.1, -0.05) is 6.92 Å². The quantitative estimate of drug-likeness (QED) is 0.718. The van der Waals surface area contributed by atoms with Crippen LogP contribution in [0.2, 0.25) is 0 Å². The van der Waals surface area contributed by atoms with E-state index in [1.807, 2.05) is 0 Å². The molecule has 17 heavy (non-hydrogen) atoms. The summed E-state index contributed by atoms with van der Waals surface area (Å²) in [6.07, 6.45) is -4.66. The Morgan fingerprint density at radius 3 is 2.29 bits per heavy atom. The fourth-order valence-corrected chi connectivity index (χ4v) is 1.83. The zero-order chi connectivity index (χ0) is 13.9. The van der Waals surface area contributed by atoms with Crippen LogP contribution < -0.4 is 4.72 Å². The molecule has 0 heterocycles. The second-order valence-electron chi connectivity index (χ2n) is 3.46. The van der Waals surface area contributed by atoms with Gasteiger partial charge in [-0.2, -0.15) is 30.6 Å². The molecule has 0 rings (SSSR count). The number of carboxylic acid groups (broad SMARTS) is 1. The molecule has 0 amide bonds. The van der Waals surface area contributed by atoms with Gasteiger partial charge in [0.25, 0.3) is 10.2 Å². The van der Waals surface area contributed by atoms with E-state index < -0.39 is 41.4 Å². The number of carbonyl (C=O) groups is 1. The highest BCUT2D eigenvalue weighted by Gasteiger charge is 2.31. The van der Waals surface area contributed by atoms with Crippen LogP contribution in [-0.2, 0) is 15.0 Å². The van der Waals surface area contributed by atoms with E-state index in [4.69, 9.17) is 5.11 Å². The van der Waals surface area contributed by atoms with Gasteiger partial charge in [0, 0.05) is 13.6 Å². The summed E-state index contributed by atoms with van der Waals surface area (Å²) in [7, 11) is -3.32. The Balaban J connectivity index is 4.46. The molecule has 1 atom stereocenters. The minimum Gasteiger partial charge on any atom is -0.481 e. The minimum absolute atomic E-state index is 0.414. The summed E-state index contributed by atoms with van der Waals surface area (Å²) in [5.41, 5.74) is 0.